The van der Waals surface area contributed by atoms with Gasteiger partial charge in [-0.3, -0.25) is 4.79 Å². The fourth-order valence-electron chi connectivity index (χ4n) is 3.14. The van der Waals surface area contributed by atoms with Gasteiger partial charge in [0.2, 0.25) is 5.82 Å². The Bertz CT molecular complexity index is 950. The molecule has 4 rings (SSSR count). The topological polar surface area (TPSA) is 92.3 Å². The summed E-state index contributed by atoms with van der Waals surface area (Å²) in [5.41, 5.74) is 1.20. The van der Waals surface area contributed by atoms with Crippen molar-refractivity contribution in [3.8, 4) is 22.8 Å². The van der Waals surface area contributed by atoms with Gasteiger partial charge in [0.1, 0.15) is 11.6 Å². The summed E-state index contributed by atoms with van der Waals surface area (Å²) in [7, 11) is 0. The van der Waals surface area contributed by atoms with Gasteiger partial charge in [-0.1, -0.05) is 17.3 Å². The van der Waals surface area contributed by atoms with Crippen LogP contribution in [-0.4, -0.2) is 39.3 Å². The lowest BCUT2D eigenvalue weighted by Crippen LogP contribution is -2.36. The summed E-state index contributed by atoms with van der Waals surface area (Å²) in [5.74, 6) is 0.0230. The summed E-state index contributed by atoms with van der Waals surface area (Å²) in [6.45, 7) is 1.32. The molecule has 138 valence electrons. The molecule has 1 aliphatic heterocycles. The molecule has 0 aliphatic carbocycles. The number of halogens is 1. The number of carboxylic acids is 1. The Morgan fingerprint density at radius 3 is 2.67 bits per heavy atom. The molecule has 0 amide bonds. The SMILES string of the molecule is O=C(O)C1CCN(c2ccc(-c3nc(-c4cccc(F)c4)no3)cn2)CC1. The van der Waals surface area contributed by atoms with Gasteiger partial charge in [-0.05, 0) is 37.1 Å². The van der Waals surface area contributed by atoms with Crippen molar-refractivity contribution in [3.63, 3.8) is 0 Å². The quantitative estimate of drug-likeness (QED) is 0.756. The zero-order chi connectivity index (χ0) is 18.8. The van der Waals surface area contributed by atoms with Gasteiger partial charge in [0.05, 0.1) is 11.5 Å². The number of pyridine rings is 1. The minimum Gasteiger partial charge on any atom is -0.481 e. The van der Waals surface area contributed by atoms with E-state index in [1.54, 1.807) is 18.3 Å². The van der Waals surface area contributed by atoms with Gasteiger partial charge in [0.15, 0.2) is 0 Å². The van der Waals surface area contributed by atoms with Crippen LogP contribution < -0.4 is 4.90 Å². The Morgan fingerprint density at radius 1 is 1.19 bits per heavy atom. The van der Waals surface area contributed by atoms with E-state index in [0.717, 1.165) is 5.82 Å². The normalized spacial score (nSPS) is 15.1. The smallest absolute Gasteiger partial charge is 0.306 e. The van der Waals surface area contributed by atoms with Crippen LogP contribution in [0.25, 0.3) is 22.8 Å². The molecule has 0 unspecified atom stereocenters. The van der Waals surface area contributed by atoms with Crippen molar-refractivity contribution >= 4 is 11.8 Å². The monoisotopic (exact) mass is 368 g/mol. The highest BCUT2D eigenvalue weighted by molar-refractivity contribution is 5.70. The first-order valence-corrected chi connectivity index (χ1v) is 8.64. The van der Waals surface area contributed by atoms with E-state index in [1.165, 1.54) is 12.1 Å². The van der Waals surface area contributed by atoms with Crippen LogP contribution in [0, 0.1) is 11.7 Å². The second-order valence-corrected chi connectivity index (χ2v) is 6.44. The zero-order valence-electron chi connectivity index (χ0n) is 14.4. The highest BCUT2D eigenvalue weighted by Crippen LogP contribution is 2.25. The third-order valence-electron chi connectivity index (χ3n) is 4.67. The molecule has 1 saturated heterocycles. The van der Waals surface area contributed by atoms with E-state index in [2.05, 4.69) is 20.0 Å². The molecule has 0 atom stereocenters. The Morgan fingerprint density at radius 2 is 2.00 bits per heavy atom. The van der Waals surface area contributed by atoms with Crippen molar-refractivity contribution in [1.29, 1.82) is 0 Å². The molecule has 0 bridgehead atoms. The van der Waals surface area contributed by atoms with Crippen LogP contribution in [0.1, 0.15) is 12.8 Å². The molecule has 1 N–H and O–H groups in total. The molecule has 0 radical (unpaired) electrons. The number of rotatable bonds is 4. The summed E-state index contributed by atoms with van der Waals surface area (Å²) in [6, 6.07) is 9.67. The van der Waals surface area contributed by atoms with Gasteiger partial charge in [-0.15, -0.1) is 0 Å². The highest BCUT2D eigenvalue weighted by Gasteiger charge is 2.25. The van der Waals surface area contributed by atoms with E-state index in [-0.39, 0.29) is 11.7 Å². The van der Waals surface area contributed by atoms with Crippen molar-refractivity contribution in [2.45, 2.75) is 12.8 Å². The fourth-order valence-corrected chi connectivity index (χ4v) is 3.14. The molecule has 2 aromatic heterocycles. The standard InChI is InChI=1S/C19H17FN4O3/c20-15-3-1-2-13(10-15)17-22-18(27-23-17)14-4-5-16(21-11-14)24-8-6-12(7-9-24)19(25)26/h1-5,10-12H,6-9H2,(H,25,26). The number of carbonyl (C=O) groups is 1. The summed E-state index contributed by atoms with van der Waals surface area (Å²) < 4.78 is 18.6. The van der Waals surface area contributed by atoms with Crippen LogP contribution in [0.2, 0.25) is 0 Å². The van der Waals surface area contributed by atoms with E-state index in [1.807, 2.05) is 12.1 Å². The number of aromatic nitrogens is 3. The minimum atomic E-state index is -0.733. The van der Waals surface area contributed by atoms with Gasteiger partial charge >= 0.3 is 5.97 Å². The Balaban J connectivity index is 1.48. The van der Waals surface area contributed by atoms with Crippen LogP contribution in [0.15, 0.2) is 47.1 Å². The Hall–Kier alpha value is -3.29. The maximum absolute atomic E-state index is 13.3. The number of anilines is 1. The number of hydrogen-bond donors (Lipinski definition) is 1. The van der Waals surface area contributed by atoms with E-state index >= 15 is 0 Å². The molecule has 1 aliphatic rings. The fraction of sp³-hybridized carbons (Fsp3) is 0.263. The molecule has 8 heteroatoms. The van der Waals surface area contributed by atoms with Crippen LogP contribution >= 0.6 is 0 Å². The van der Waals surface area contributed by atoms with Gasteiger partial charge < -0.3 is 14.5 Å². The molecule has 27 heavy (non-hydrogen) atoms. The van der Waals surface area contributed by atoms with Crippen molar-refractivity contribution < 1.29 is 18.8 Å². The lowest BCUT2D eigenvalue weighted by Gasteiger charge is -2.30. The highest BCUT2D eigenvalue weighted by atomic mass is 19.1. The lowest BCUT2D eigenvalue weighted by molar-refractivity contribution is -0.142. The molecule has 3 aromatic rings. The summed E-state index contributed by atoms with van der Waals surface area (Å²) >= 11 is 0. The molecule has 1 fully saturated rings. The molecule has 0 spiro atoms. The van der Waals surface area contributed by atoms with Gasteiger partial charge in [-0.25, -0.2) is 9.37 Å². The Labute approximate surface area is 154 Å². The number of piperidine rings is 1. The van der Waals surface area contributed by atoms with E-state index < -0.39 is 5.97 Å². The van der Waals surface area contributed by atoms with Crippen LogP contribution in [0.4, 0.5) is 10.2 Å². The Kier molecular flexibility index (Phi) is 4.53. The predicted octanol–water partition coefficient (Wildman–Crippen LogP) is 3.24. The van der Waals surface area contributed by atoms with Crippen LogP contribution in [-0.2, 0) is 4.79 Å². The average molecular weight is 368 g/mol. The first kappa shape index (κ1) is 17.1. The number of carboxylic acid groups (broad SMARTS) is 1. The third-order valence-corrected chi connectivity index (χ3v) is 4.67. The average Bonchev–Trinajstić information content (AvgIpc) is 3.18. The number of aliphatic carboxylic acids is 1. The first-order valence-electron chi connectivity index (χ1n) is 8.64. The van der Waals surface area contributed by atoms with Gasteiger partial charge in [-0.2, -0.15) is 4.98 Å². The number of nitrogens with zero attached hydrogens (tertiary/aromatic N) is 4. The third kappa shape index (κ3) is 3.64. The molecular formula is C19H17FN4O3. The lowest BCUT2D eigenvalue weighted by atomic mass is 9.97. The van der Waals surface area contributed by atoms with Crippen molar-refractivity contribution in [2.75, 3.05) is 18.0 Å². The summed E-state index contributed by atoms with van der Waals surface area (Å²) in [5, 5.41) is 13.0. The molecule has 7 nitrogen and oxygen atoms in total. The van der Waals surface area contributed by atoms with E-state index in [4.69, 9.17) is 9.63 Å². The second kappa shape index (κ2) is 7.14. The van der Waals surface area contributed by atoms with Crippen LogP contribution in [0.5, 0.6) is 0 Å². The van der Waals surface area contributed by atoms with E-state index in [9.17, 15) is 9.18 Å². The van der Waals surface area contributed by atoms with Crippen molar-refractivity contribution in [1.82, 2.24) is 15.1 Å². The molecule has 1 aromatic carbocycles. The largest absolute Gasteiger partial charge is 0.481 e. The summed E-state index contributed by atoms with van der Waals surface area (Å²) in [6.07, 6.45) is 2.86. The predicted molar refractivity (Wildman–Crippen MR) is 95.5 cm³/mol. The zero-order valence-corrected chi connectivity index (χ0v) is 14.4. The maximum atomic E-state index is 13.3. The summed E-state index contributed by atoms with van der Waals surface area (Å²) in [4.78, 5) is 21.8. The van der Waals surface area contributed by atoms with E-state index in [0.29, 0.717) is 48.8 Å². The maximum Gasteiger partial charge on any atom is 0.306 e. The number of hydrogen-bond acceptors (Lipinski definition) is 6. The molecular weight excluding hydrogens is 351 g/mol. The second-order valence-electron chi connectivity index (χ2n) is 6.44. The van der Waals surface area contributed by atoms with Gasteiger partial charge in [0, 0.05) is 24.8 Å². The number of benzene rings is 1. The molecule has 0 saturated carbocycles. The van der Waals surface area contributed by atoms with Crippen molar-refractivity contribution in [2.24, 2.45) is 5.92 Å². The molecule has 3 heterocycles. The minimum absolute atomic E-state index is 0.278. The van der Waals surface area contributed by atoms with Gasteiger partial charge in [0.25, 0.3) is 5.89 Å². The van der Waals surface area contributed by atoms with Crippen molar-refractivity contribution in [3.05, 3.63) is 48.4 Å². The first-order chi connectivity index (χ1) is 13.1. The van der Waals surface area contributed by atoms with Crippen LogP contribution in [0.3, 0.4) is 0 Å².